The summed E-state index contributed by atoms with van der Waals surface area (Å²) in [5, 5.41) is 2.12. The lowest BCUT2D eigenvalue weighted by Crippen LogP contribution is -2.20. The smallest absolute Gasteiger partial charge is 0.140 e. The Balaban J connectivity index is 2.47. The molecule has 0 aliphatic carbocycles. The number of fused-ring (bicyclic) bond motifs is 1. The molecule has 0 spiro atoms. The number of halogens is 1. The highest BCUT2D eigenvalue weighted by atomic mass is 79.9. The SMILES string of the molecule is CCc1cc2c(N(C)CCBr)ncnc2s1. The minimum atomic E-state index is 0.944. The Hall–Kier alpha value is -0.680. The van der Waals surface area contributed by atoms with Crippen LogP contribution in [-0.4, -0.2) is 28.9 Å². The Labute approximate surface area is 108 Å². The first-order valence-electron chi connectivity index (χ1n) is 5.26. The Morgan fingerprint density at radius 2 is 2.25 bits per heavy atom. The van der Waals surface area contributed by atoms with E-state index in [9.17, 15) is 0 Å². The van der Waals surface area contributed by atoms with Gasteiger partial charge in [-0.3, -0.25) is 0 Å². The van der Waals surface area contributed by atoms with Crippen molar-refractivity contribution in [3.8, 4) is 0 Å². The topological polar surface area (TPSA) is 29.0 Å². The fraction of sp³-hybridized carbons (Fsp3) is 0.455. The minimum Gasteiger partial charge on any atom is -0.358 e. The van der Waals surface area contributed by atoms with Crippen LogP contribution in [0.4, 0.5) is 5.82 Å². The second kappa shape index (κ2) is 5.10. The van der Waals surface area contributed by atoms with E-state index in [1.165, 1.54) is 10.3 Å². The molecular weight excluding hydrogens is 286 g/mol. The summed E-state index contributed by atoms with van der Waals surface area (Å²) in [6.07, 6.45) is 2.71. The van der Waals surface area contributed by atoms with E-state index in [1.807, 2.05) is 0 Å². The summed E-state index contributed by atoms with van der Waals surface area (Å²) < 4.78 is 0. The van der Waals surface area contributed by atoms with E-state index in [0.717, 1.165) is 28.9 Å². The van der Waals surface area contributed by atoms with E-state index < -0.39 is 0 Å². The van der Waals surface area contributed by atoms with Gasteiger partial charge >= 0.3 is 0 Å². The Morgan fingerprint density at radius 1 is 1.44 bits per heavy atom. The van der Waals surface area contributed by atoms with Crippen molar-refractivity contribution in [2.24, 2.45) is 0 Å². The Morgan fingerprint density at radius 3 is 2.94 bits per heavy atom. The van der Waals surface area contributed by atoms with Crippen molar-refractivity contribution in [3.63, 3.8) is 0 Å². The minimum absolute atomic E-state index is 0.944. The maximum absolute atomic E-state index is 4.37. The summed E-state index contributed by atoms with van der Waals surface area (Å²) in [6, 6.07) is 2.21. The van der Waals surface area contributed by atoms with Gasteiger partial charge in [-0.1, -0.05) is 22.9 Å². The summed E-state index contributed by atoms with van der Waals surface area (Å²) in [4.78, 5) is 13.3. The normalized spacial score (nSPS) is 10.9. The largest absolute Gasteiger partial charge is 0.358 e. The van der Waals surface area contributed by atoms with E-state index in [1.54, 1.807) is 17.7 Å². The maximum atomic E-state index is 4.37. The van der Waals surface area contributed by atoms with Gasteiger partial charge in [-0.05, 0) is 12.5 Å². The van der Waals surface area contributed by atoms with Gasteiger partial charge in [-0.25, -0.2) is 9.97 Å². The summed E-state index contributed by atoms with van der Waals surface area (Å²) in [6.45, 7) is 3.11. The van der Waals surface area contributed by atoms with Gasteiger partial charge in [0.1, 0.15) is 17.0 Å². The first kappa shape index (κ1) is 11.8. The molecule has 86 valence electrons. The van der Waals surface area contributed by atoms with Crippen LogP contribution in [0.5, 0.6) is 0 Å². The standard InChI is InChI=1S/C11H14BrN3S/c1-3-8-6-9-10(15(2)5-4-12)13-7-14-11(9)16-8/h6-7H,3-5H2,1-2H3. The van der Waals surface area contributed by atoms with Crippen LogP contribution in [0.15, 0.2) is 12.4 Å². The van der Waals surface area contributed by atoms with Gasteiger partial charge in [-0.15, -0.1) is 11.3 Å². The molecule has 2 aromatic rings. The molecule has 3 nitrogen and oxygen atoms in total. The molecule has 2 aromatic heterocycles. The van der Waals surface area contributed by atoms with Crippen LogP contribution in [0, 0.1) is 0 Å². The van der Waals surface area contributed by atoms with Gasteiger partial charge in [0.15, 0.2) is 0 Å². The second-order valence-electron chi connectivity index (χ2n) is 3.59. The molecule has 0 saturated carbocycles. The monoisotopic (exact) mass is 299 g/mol. The van der Waals surface area contributed by atoms with Crippen LogP contribution in [0.1, 0.15) is 11.8 Å². The number of hydrogen-bond donors (Lipinski definition) is 0. The van der Waals surface area contributed by atoms with Gasteiger partial charge in [0.2, 0.25) is 0 Å². The molecule has 2 heterocycles. The number of nitrogens with zero attached hydrogens (tertiary/aromatic N) is 3. The zero-order valence-corrected chi connectivity index (χ0v) is 11.8. The van der Waals surface area contributed by atoms with Crippen LogP contribution in [0.25, 0.3) is 10.2 Å². The number of rotatable bonds is 4. The van der Waals surface area contributed by atoms with Crippen LogP contribution < -0.4 is 4.90 Å². The van der Waals surface area contributed by atoms with Crippen LogP contribution in [-0.2, 0) is 6.42 Å². The zero-order valence-electron chi connectivity index (χ0n) is 9.40. The van der Waals surface area contributed by atoms with Gasteiger partial charge in [-0.2, -0.15) is 0 Å². The number of anilines is 1. The molecule has 0 bridgehead atoms. The van der Waals surface area contributed by atoms with E-state index in [2.05, 4.69) is 50.8 Å². The number of aryl methyl sites for hydroxylation is 1. The average molecular weight is 300 g/mol. The van der Waals surface area contributed by atoms with Gasteiger partial charge in [0.25, 0.3) is 0 Å². The summed E-state index contributed by atoms with van der Waals surface area (Å²) in [5.41, 5.74) is 0. The van der Waals surface area contributed by atoms with E-state index >= 15 is 0 Å². The molecule has 0 saturated heterocycles. The highest BCUT2D eigenvalue weighted by Gasteiger charge is 2.10. The van der Waals surface area contributed by atoms with Crippen LogP contribution in [0.3, 0.4) is 0 Å². The van der Waals surface area contributed by atoms with Crippen molar-refractivity contribution in [1.29, 1.82) is 0 Å². The molecule has 0 N–H and O–H groups in total. The molecule has 0 fully saturated rings. The zero-order chi connectivity index (χ0) is 11.5. The Bertz CT molecular complexity index is 483. The van der Waals surface area contributed by atoms with E-state index in [4.69, 9.17) is 0 Å². The summed E-state index contributed by atoms with van der Waals surface area (Å²) in [5.74, 6) is 1.03. The van der Waals surface area contributed by atoms with Gasteiger partial charge < -0.3 is 4.90 Å². The number of alkyl halides is 1. The highest BCUT2D eigenvalue weighted by Crippen LogP contribution is 2.29. The highest BCUT2D eigenvalue weighted by molar-refractivity contribution is 9.09. The van der Waals surface area contributed by atoms with Crippen LogP contribution in [0.2, 0.25) is 0 Å². The molecule has 0 aliphatic heterocycles. The van der Waals surface area contributed by atoms with E-state index in [-0.39, 0.29) is 0 Å². The third kappa shape index (κ3) is 2.20. The molecule has 0 aliphatic rings. The molecule has 0 amide bonds. The second-order valence-corrected chi connectivity index (χ2v) is 5.50. The fourth-order valence-corrected chi connectivity index (χ4v) is 3.07. The first-order valence-corrected chi connectivity index (χ1v) is 7.20. The maximum Gasteiger partial charge on any atom is 0.140 e. The van der Waals surface area contributed by atoms with Crippen molar-refractivity contribution in [1.82, 2.24) is 9.97 Å². The molecule has 2 rings (SSSR count). The van der Waals surface area contributed by atoms with Crippen molar-refractivity contribution < 1.29 is 0 Å². The van der Waals surface area contributed by atoms with Crippen molar-refractivity contribution in [2.45, 2.75) is 13.3 Å². The van der Waals surface area contributed by atoms with Crippen molar-refractivity contribution in [2.75, 3.05) is 23.8 Å². The lowest BCUT2D eigenvalue weighted by molar-refractivity contribution is 0.952. The van der Waals surface area contributed by atoms with E-state index in [0.29, 0.717) is 0 Å². The lowest BCUT2D eigenvalue weighted by atomic mass is 10.3. The lowest BCUT2D eigenvalue weighted by Gasteiger charge is -2.16. The predicted molar refractivity (Wildman–Crippen MR) is 73.9 cm³/mol. The first-order chi connectivity index (χ1) is 7.76. The quantitative estimate of drug-likeness (QED) is 0.813. The molecule has 0 unspecified atom stereocenters. The fourth-order valence-electron chi connectivity index (χ4n) is 1.60. The molecule has 0 aromatic carbocycles. The van der Waals surface area contributed by atoms with Crippen molar-refractivity contribution >= 4 is 43.3 Å². The van der Waals surface area contributed by atoms with Gasteiger partial charge in [0, 0.05) is 23.8 Å². The van der Waals surface area contributed by atoms with Crippen molar-refractivity contribution in [3.05, 3.63) is 17.3 Å². The molecular formula is C11H14BrN3S. The predicted octanol–water partition coefficient (Wildman–Crippen LogP) is 3.08. The van der Waals surface area contributed by atoms with Crippen LogP contribution >= 0.6 is 27.3 Å². The molecule has 0 atom stereocenters. The third-order valence-electron chi connectivity index (χ3n) is 2.49. The molecule has 16 heavy (non-hydrogen) atoms. The summed E-state index contributed by atoms with van der Waals surface area (Å²) >= 11 is 5.21. The number of thiophene rings is 1. The number of aromatic nitrogens is 2. The molecule has 0 radical (unpaired) electrons. The Kier molecular flexibility index (Phi) is 3.76. The molecule has 5 heteroatoms. The summed E-state index contributed by atoms with van der Waals surface area (Å²) in [7, 11) is 2.06. The third-order valence-corrected chi connectivity index (χ3v) is 4.03. The average Bonchev–Trinajstić information content (AvgIpc) is 2.71. The number of hydrogen-bond acceptors (Lipinski definition) is 4. The van der Waals surface area contributed by atoms with Gasteiger partial charge in [0.05, 0.1) is 5.39 Å².